The Balaban J connectivity index is 1.89. The highest BCUT2D eigenvalue weighted by molar-refractivity contribution is 5.92. The van der Waals surface area contributed by atoms with E-state index in [1.165, 1.54) is 6.07 Å². The standard InChI is InChI=1S/C14H16N4O2/c1-9-8-15-13(16-9)11-5-3-7-18(11)14(20)10-4-2-6-12(19)17-10/h2,4,6,8,11H,3,5,7H2,1H3,(H,15,16)(H,17,19). The van der Waals surface area contributed by atoms with Crippen molar-refractivity contribution in [3.8, 4) is 0 Å². The van der Waals surface area contributed by atoms with Gasteiger partial charge in [0.25, 0.3) is 5.91 Å². The number of H-pyrrole nitrogens is 2. The minimum absolute atomic E-state index is 0.0418. The van der Waals surface area contributed by atoms with Gasteiger partial charge in [0, 0.05) is 24.5 Å². The van der Waals surface area contributed by atoms with Crippen molar-refractivity contribution >= 4 is 5.91 Å². The van der Waals surface area contributed by atoms with E-state index in [2.05, 4.69) is 15.0 Å². The van der Waals surface area contributed by atoms with E-state index in [-0.39, 0.29) is 17.5 Å². The summed E-state index contributed by atoms with van der Waals surface area (Å²) in [5, 5.41) is 0. The van der Waals surface area contributed by atoms with Gasteiger partial charge in [-0.3, -0.25) is 9.59 Å². The van der Waals surface area contributed by atoms with Crippen LogP contribution in [0.3, 0.4) is 0 Å². The number of carbonyl (C=O) groups excluding carboxylic acids is 1. The number of hydrogen-bond acceptors (Lipinski definition) is 3. The first-order valence-electron chi connectivity index (χ1n) is 6.67. The van der Waals surface area contributed by atoms with Crippen LogP contribution >= 0.6 is 0 Å². The van der Waals surface area contributed by atoms with Crippen molar-refractivity contribution < 1.29 is 4.79 Å². The SMILES string of the molecule is Cc1cnc(C2CCCN2C(=O)c2cccc(=O)[nH]2)[nH]1. The van der Waals surface area contributed by atoms with Gasteiger partial charge in [0.1, 0.15) is 11.5 Å². The van der Waals surface area contributed by atoms with Crippen LogP contribution in [0.2, 0.25) is 0 Å². The summed E-state index contributed by atoms with van der Waals surface area (Å²) in [6.07, 6.45) is 3.59. The lowest BCUT2D eigenvalue weighted by Gasteiger charge is -2.23. The summed E-state index contributed by atoms with van der Waals surface area (Å²) in [4.78, 5) is 35.7. The van der Waals surface area contributed by atoms with E-state index in [4.69, 9.17) is 0 Å². The summed E-state index contributed by atoms with van der Waals surface area (Å²) in [5.41, 5.74) is 1.04. The van der Waals surface area contributed by atoms with Crippen molar-refractivity contribution in [2.45, 2.75) is 25.8 Å². The molecule has 1 unspecified atom stereocenters. The Bertz CT molecular complexity index is 688. The van der Waals surface area contributed by atoms with Crippen molar-refractivity contribution in [3.05, 3.63) is 52.0 Å². The third kappa shape index (κ3) is 2.24. The van der Waals surface area contributed by atoms with Gasteiger partial charge in [-0.2, -0.15) is 0 Å². The summed E-state index contributed by atoms with van der Waals surface area (Å²) in [5.74, 6) is 0.658. The van der Waals surface area contributed by atoms with E-state index in [1.54, 1.807) is 23.2 Å². The summed E-state index contributed by atoms with van der Waals surface area (Å²) in [7, 11) is 0. The van der Waals surface area contributed by atoms with Gasteiger partial charge in [-0.15, -0.1) is 0 Å². The topological polar surface area (TPSA) is 81.8 Å². The molecular formula is C14H16N4O2. The van der Waals surface area contributed by atoms with Crippen LogP contribution in [-0.2, 0) is 0 Å². The van der Waals surface area contributed by atoms with E-state index in [9.17, 15) is 9.59 Å². The number of pyridine rings is 1. The Kier molecular flexibility index (Phi) is 3.14. The van der Waals surface area contributed by atoms with E-state index in [0.29, 0.717) is 12.2 Å². The van der Waals surface area contributed by atoms with Crippen molar-refractivity contribution in [1.82, 2.24) is 19.9 Å². The van der Waals surface area contributed by atoms with Crippen LogP contribution in [-0.4, -0.2) is 32.3 Å². The van der Waals surface area contributed by atoms with Crippen molar-refractivity contribution in [3.63, 3.8) is 0 Å². The first-order chi connectivity index (χ1) is 9.65. The number of aryl methyl sites for hydroxylation is 1. The van der Waals surface area contributed by atoms with E-state index >= 15 is 0 Å². The zero-order valence-electron chi connectivity index (χ0n) is 11.2. The van der Waals surface area contributed by atoms with Crippen LogP contribution in [0.4, 0.5) is 0 Å². The number of aromatic nitrogens is 3. The van der Waals surface area contributed by atoms with Gasteiger partial charge in [-0.05, 0) is 25.8 Å². The smallest absolute Gasteiger partial charge is 0.270 e. The third-order valence-electron chi connectivity index (χ3n) is 3.55. The Morgan fingerprint density at radius 1 is 1.40 bits per heavy atom. The van der Waals surface area contributed by atoms with Crippen molar-refractivity contribution in [1.29, 1.82) is 0 Å². The number of imidazole rings is 1. The molecule has 1 aliphatic heterocycles. The summed E-state index contributed by atoms with van der Waals surface area (Å²) < 4.78 is 0. The fraction of sp³-hybridized carbons (Fsp3) is 0.357. The van der Waals surface area contributed by atoms with Gasteiger partial charge in [-0.25, -0.2) is 4.98 Å². The minimum atomic E-state index is -0.263. The van der Waals surface area contributed by atoms with E-state index < -0.39 is 0 Å². The average Bonchev–Trinajstić information content (AvgIpc) is 3.06. The number of hydrogen-bond donors (Lipinski definition) is 2. The zero-order chi connectivity index (χ0) is 14.1. The monoisotopic (exact) mass is 272 g/mol. The molecule has 104 valence electrons. The molecule has 6 nitrogen and oxygen atoms in total. The highest BCUT2D eigenvalue weighted by Gasteiger charge is 2.32. The number of likely N-dealkylation sites (tertiary alicyclic amines) is 1. The molecular weight excluding hydrogens is 256 g/mol. The highest BCUT2D eigenvalue weighted by atomic mass is 16.2. The fourth-order valence-electron chi connectivity index (χ4n) is 2.62. The number of rotatable bonds is 2. The number of nitrogens with one attached hydrogen (secondary N) is 2. The molecule has 3 heterocycles. The van der Waals surface area contributed by atoms with Crippen LogP contribution in [0.15, 0.2) is 29.2 Å². The van der Waals surface area contributed by atoms with Crippen LogP contribution in [0.25, 0.3) is 0 Å². The van der Waals surface area contributed by atoms with Crippen molar-refractivity contribution in [2.75, 3.05) is 6.54 Å². The number of aromatic amines is 2. The Morgan fingerprint density at radius 2 is 2.25 bits per heavy atom. The van der Waals surface area contributed by atoms with Crippen molar-refractivity contribution in [2.24, 2.45) is 0 Å². The van der Waals surface area contributed by atoms with Gasteiger partial charge >= 0.3 is 0 Å². The molecule has 6 heteroatoms. The largest absolute Gasteiger partial charge is 0.344 e. The second-order valence-electron chi connectivity index (χ2n) is 5.04. The Hall–Kier alpha value is -2.37. The molecule has 2 N–H and O–H groups in total. The molecule has 1 saturated heterocycles. The molecule has 0 aliphatic carbocycles. The normalized spacial score (nSPS) is 18.4. The maximum Gasteiger partial charge on any atom is 0.270 e. The van der Waals surface area contributed by atoms with E-state index in [0.717, 1.165) is 24.4 Å². The average molecular weight is 272 g/mol. The molecule has 3 rings (SSSR count). The molecule has 0 bridgehead atoms. The summed E-state index contributed by atoms with van der Waals surface area (Å²) in [6.45, 7) is 2.62. The quantitative estimate of drug-likeness (QED) is 0.866. The molecule has 1 aliphatic rings. The van der Waals surface area contributed by atoms with Gasteiger partial charge in [0.05, 0.1) is 6.04 Å². The van der Waals surface area contributed by atoms with Gasteiger partial charge in [0.2, 0.25) is 5.56 Å². The summed E-state index contributed by atoms with van der Waals surface area (Å²) in [6, 6.07) is 4.58. The lowest BCUT2D eigenvalue weighted by Crippen LogP contribution is -2.32. The van der Waals surface area contributed by atoms with Gasteiger partial charge in [0.15, 0.2) is 0 Å². The predicted octanol–water partition coefficient (Wildman–Crippen LogP) is 1.38. The van der Waals surface area contributed by atoms with Crippen LogP contribution in [0, 0.1) is 6.92 Å². The van der Waals surface area contributed by atoms with E-state index in [1.807, 2.05) is 6.92 Å². The summed E-state index contributed by atoms with van der Waals surface area (Å²) >= 11 is 0. The number of nitrogens with zero attached hydrogens (tertiary/aromatic N) is 2. The predicted molar refractivity (Wildman–Crippen MR) is 73.4 cm³/mol. The zero-order valence-corrected chi connectivity index (χ0v) is 11.2. The highest BCUT2D eigenvalue weighted by Crippen LogP contribution is 2.31. The second kappa shape index (κ2) is 4.96. The molecule has 1 fully saturated rings. The Morgan fingerprint density at radius 3 is 2.95 bits per heavy atom. The van der Waals surface area contributed by atoms with Crippen LogP contribution < -0.4 is 5.56 Å². The maximum absolute atomic E-state index is 12.5. The van der Waals surface area contributed by atoms with Gasteiger partial charge in [-0.1, -0.05) is 6.07 Å². The molecule has 20 heavy (non-hydrogen) atoms. The fourth-order valence-corrected chi connectivity index (χ4v) is 2.62. The van der Waals surface area contributed by atoms with Gasteiger partial charge < -0.3 is 14.9 Å². The number of carbonyl (C=O) groups is 1. The Labute approximate surface area is 115 Å². The first kappa shape index (κ1) is 12.7. The molecule has 1 atom stereocenters. The second-order valence-corrected chi connectivity index (χ2v) is 5.04. The molecule has 0 spiro atoms. The molecule has 2 aromatic rings. The molecule has 2 aromatic heterocycles. The molecule has 0 saturated carbocycles. The molecule has 0 aromatic carbocycles. The minimum Gasteiger partial charge on any atom is -0.344 e. The lowest BCUT2D eigenvalue weighted by molar-refractivity contribution is 0.0724. The van der Waals surface area contributed by atoms with Crippen LogP contribution in [0.1, 0.15) is 40.9 Å². The third-order valence-corrected chi connectivity index (χ3v) is 3.55. The lowest BCUT2D eigenvalue weighted by atomic mass is 10.2. The number of amides is 1. The first-order valence-corrected chi connectivity index (χ1v) is 6.67. The van der Waals surface area contributed by atoms with Crippen LogP contribution in [0.5, 0.6) is 0 Å². The molecule has 0 radical (unpaired) electrons. The molecule has 1 amide bonds. The maximum atomic E-state index is 12.5.